The lowest BCUT2D eigenvalue weighted by Gasteiger charge is -2.15. The van der Waals surface area contributed by atoms with Crippen LogP contribution in [0.2, 0.25) is 0 Å². The lowest BCUT2D eigenvalue weighted by molar-refractivity contribution is 0.893. The number of nitrogens with one attached hydrogen (secondary N) is 2. The molecule has 2 aromatic carbocycles. The van der Waals surface area contributed by atoms with Crippen LogP contribution >= 0.6 is 54.5 Å². The Balaban J connectivity index is 1.86. The molecule has 0 radical (unpaired) electrons. The van der Waals surface area contributed by atoms with Gasteiger partial charge in [-0.25, -0.2) is 0 Å². The summed E-state index contributed by atoms with van der Waals surface area (Å²) in [5.41, 5.74) is 9.19. The second-order valence-corrected chi connectivity index (χ2v) is 8.78. The van der Waals surface area contributed by atoms with E-state index in [1.165, 1.54) is 5.56 Å². The minimum atomic E-state index is 0.0843. The molecule has 0 bridgehead atoms. The van der Waals surface area contributed by atoms with Crippen molar-refractivity contribution < 1.29 is 0 Å². The zero-order chi connectivity index (χ0) is 21.0. The summed E-state index contributed by atoms with van der Waals surface area (Å²) in [6, 6.07) is 13.2. The van der Waals surface area contributed by atoms with Crippen molar-refractivity contribution in [3.8, 4) is 6.07 Å². The third-order valence-corrected chi connectivity index (χ3v) is 6.60. The zero-order valence-electron chi connectivity index (χ0n) is 15.2. The first-order chi connectivity index (χ1) is 13.9. The van der Waals surface area contributed by atoms with E-state index in [4.69, 9.17) is 11.0 Å². The van der Waals surface area contributed by atoms with Gasteiger partial charge in [-0.15, -0.1) is 0 Å². The van der Waals surface area contributed by atoms with Crippen molar-refractivity contribution in [3.05, 3.63) is 56.5 Å². The topological polar surface area (TPSA) is 113 Å². The summed E-state index contributed by atoms with van der Waals surface area (Å²) in [4.78, 5) is 12.7. The summed E-state index contributed by atoms with van der Waals surface area (Å²) in [6.45, 7) is 2.18. The molecule has 0 saturated carbocycles. The van der Waals surface area contributed by atoms with Crippen LogP contribution in [0.4, 0.5) is 29.2 Å². The lowest BCUT2D eigenvalue weighted by Crippen LogP contribution is -2.07. The van der Waals surface area contributed by atoms with Crippen LogP contribution in [0.1, 0.15) is 24.0 Å². The normalized spacial score (nSPS) is 11.6. The number of nitrogens with two attached hydrogens (primary N) is 1. The number of rotatable bonds is 6. The monoisotopic (exact) mass is 627 g/mol. The van der Waals surface area contributed by atoms with Gasteiger partial charge in [0.25, 0.3) is 0 Å². The summed E-state index contributed by atoms with van der Waals surface area (Å²) in [6.07, 6.45) is 0. The molecule has 3 rings (SSSR count). The van der Waals surface area contributed by atoms with E-state index in [0.717, 1.165) is 24.7 Å². The van der Waals surface area contributed by atoms with Crippen LogP contribution in [0.5, 0.6) is 0 Å². The Morgan fingerprint density at radius 3 is 2.21 bits per heavy atom. The number of anilines is 5. The van der Waals surface area contributed by atoms with E-state index in [-0.39, 0.29) is 5.95 Å². The average Bonchev–Trinajstić information content (AvgIpc) is 2.70. The highest BCUT2D eigenvalue weighted by Gasteiger charge is 2.14. The highest BCUT2D eigenvalue weighted by molar-refractivity contribution is 14.1. The molecule has 0 amide bonds. The van der Waals surface area contributed by atoms with Gasteiger partial charge >= 0.3 is 0 Å². The van der Waals surface area contributed by atoms with Crippen LogP contribution < -0.4 is 16.4 Å². The molecule has 0 aliphatic rings. The van der Waals surface area contributed by atoms with Crippen molar-refractivity contribution in [1.29, 1.82) is 5.26 Å². The Morgan fingerprint density at radius 1 is 1.07 bits per heavy atom. The molecule has 0 aliphatic carbocycles. The van der Waals surface area contributed by atoms with Crippen molar-refractivity contribution in [2.75, 3.05) is 20.8 Å². The highest BCUT2D eigenvalue weighted by Crippen LogP contribution is 2.36. The van der Waals surface area contributed by atoms with Gasteiger partial charge in [0.1, 0.15) is 0 Å². The van der Waals surface area contributed by atoms with Crippen molar-refractivity contribution in [2.24, 2.45) is 0 Å². The second-order valence-electron chi connectivity index (χ2n) is 6.19. The minimum Gasteiger partial charge on any atom is -0.368 e. The van der Waals surface area contributed by atoms with Crippen molar-refractivity contribution in [1.82, 2.24) is 15.0 Å². The van der Waals surface area contributed by atoms with Crippen molar-refractivity contribution >= 4 is 83.7 Å². The van der Waals surface area contributed by atoms with Gasteiger partial charge in [0.2, 0.25) is 17.8 Å². The molecule has 3 aromatic rings. The molecule has 1 aromatic heterocycles. The van der Waals surface area contributed by atoms with Crippen molar-refractivity contribution in [2.45, 2.75) is 12.8 Å². The number of nitrogens with zero attached hydrogens (tertiary/aromatic N) is 4. The second kappa shape index (κ2) is 9.69. The number of nitriles is 1. The summed E-state index contributed by atoms with van der Waals surface area (Å²) in [5, 5.41) is 15.2. The molecule has 0 aliphatic heterocycles. The molecule has 0 saturated heterocycles. The van der Waals surface area contributed by atoms with E-state index < -0.39 is 0 Å². The number of alkyl halides is 1. The molecular weight excluding hydrogens is 613 g/mol. The van der Waals surface area contributed by atoms with Crippen LogP contribution in [0.3, 0.4) is 0 Å². The lowest BCUT2D eigenvalue weighted by atomic mass is 10.0. The van der Waals surface area contributed by atoms with Crippen LogP contribution in [-0.2, 0) is 0 Å². The summed E-state index contributed by atoms with van der Waals surface area (Å²) >= 11 is 9.61. The maximum atomic E-state index is 8.90. The molecule has 1 heterocycles. The molecule has 0 fully saturated rings. The number of hydrogen-bond acceptors (Lipinski definition) is 7. The first kappa shape index (κ1) is 21.7. The molecule has 29 heavy (non-hydrogen) atoms. The fourth-order valence-corrected chi connectivity index (χ4v) is 4.39. The first-order valence-corrected chi connectivity index (χ1v) is 11.6. The molecule has 7 nitrogen and oxygen atoms in total. The maximum Gasteiger partial charge on any atom is 0.233 e. The van der Waals surface area contributed by atoms with E-state index in [0.29, 0.717) is 23.4 Å². The van der Waals surface area contributed by atoms with E-state index in [1.54, 1.807) is 24.3 Å². The Morgan fingerprint density at radius 2 is 1.66 bits per heavy atom. The van der Waals surface area contributed by atoms with Gasteiger partial charge in [-0.1, -0.05) is 29.5 Å². The van der Waals surface area contributed by atoms with E-state index in [2.05, 4.69) is 105 Å². The summed E-state index contributed by atoms with van der Waals surface area (Å²) < 4.78 is 2.80. The molecule has 148 valence electrons. The largest absolute Gasteiger partial charge is 0.368 e. The standard InChI is InChI=1S/C19H16Br2IN7/c1-10(8-22)12-6-14(20)16(15(21)7-12)26-19-28-17(24)27-18(29-19)25-13-4-2-11(9-23)3-5-13/h2-7,10H,8H2,1H3,(H4,24,25,26,27,28,29). The number of halogens is 3. The van der Waals surface area contributed by atoms with Crippen molar-refractivity contribution in [3.63, 3.8) is 0 Å². The van der Waals surface area contributed by atoms with Gasteiger partial charge in [-0.3, -0.25) is 0 Å². The molecule has 1 atom stereocenters. The third kappa shape index (κ3) is 5.55. The Kier molecular flexibility index (Phi) is 7.26. The van der Waals surface area contributed by atoms with Crippen LogP contribution in [0.15, 0.2) is 45.3 Å². The van der Waals surface area contributed by atoms with Gasteiger partial charge < -0.3 is 16.4 Å². The van der Waals surface area contributed by atoms with Gasteiger partial charge in [0.15, 0.2) is 0 Å². The average molecular weight is 629 g/mol. The molecular formula is C19H16Br2IN7. The molecule has 1 unspecified atom stereocenters. The Labute approximate surface area is 198 Å². The number of aromatic nitrogens is 3. The van der Waals surface area contributed by atoms with Crippen LogP contribution in [0, 0.1) is 11.3 Å². The van der Waals surface area contributed by atoms with E-state index in [9.17, 15) is 0 Å². The van der Waals surface area contributed by atoms with Gasteiger partial charge in [0, 0.05) is 19.1 Å². The molecule has 0 spiro atoms. The third-order valence-electron chi connectivity index (χ3n) is 4.02. The highest BCUT2D eigenvalue weighted by atomic mass is 127. The van der Waals surface area contributed by atoms with Gasteiger partial charge in [0.05, 0.1) is 17.3 Å². The van der Waals surface area contributed by atoms with Crippen LogP contribution in [0.25, 0.3) is 0 Å². The number of nitrogen functional groups attached to an aromatic ring is 1. The van der Waals surface area contributed by atoms with Gasteiger partial charge in [-0.05, 0) is 79.7 Å². The fourth-order valence-electron chi connectivity index (χ4n) is 2.46. The number of benzene rings is 2. The van der Waals surface area contributed by atoms with E-state index in [1.807, 2.05) is 0 Å². The van der Waals surface area contributed by atoms with Gasteiger partial charge in [-0.2, -0.15) is 20.2 Å². The first-order valence-electron chi connectivity index (χ1n) is 8.50. The smallest absolute Gasteiger partial charge is 0.233 e. The fraction of sp³-hybridized carbons (Fsp3) is 0.158. The SMILES string of the molecule is CC(CI)c1cc(Br)c(Nc2nc(N)nc(Nc3ccc(C#N)cc3)n2)c(Br)c1. The molecule has 4 N–H and O–H groups in total. The quantitative estimate of drug-likeness (QED) is 0.231. The Bertz CT molecular complexity index is 1040. The maximum absolute atomic E-state index is 8.90. The Hall–Kier alpha value is -1.97. The predicted molar refractivity (Wildman–Crippen MR) is 131 cm³/mol. The minimum absolute atomic E-state index is 0.0843. The van der Waals surface area contributed by atoms with Crippen LogP contribution in [-0.4, -0.2) is 19.4 Å². The predicted octanol–water partition coefficient (Wildman–Crippen LogP) is 5.88. The molecule has 10 heteroatoms. The van der Waals surface area contributed by atoms with E-state index >= 15 is 0 Å². The zero-order valence-corrected chi connectivity index (χ0v) is 20.6. The summed E-state index contributed by atoms with van der Waals surface area (Å²) in [7, 11) is 0. The number of hydrogen-bond donors (Lipinski definition) is 3. The summed E-state index contributed by atoms with van der Waals surface area (Å²) in [5.74, 6) is 1.13.